The summed E-state index contributed by atoms with van der Waals surface area (Å²) in [6, 6.07) is 4.83. The Bertz CT molecular complexity index is 685. The fourth-order valence-corrected chi connectivity index (χ4v) is 3.29. The van der Waals surface area contributed by atoms with Crippen LogP contribution in [0.5, 0.6) is 5.75 Å². The zero-order valence-corrected chi connectivity index (χ0v) is 14.2. The van der Waals surface area contributed by atoms with Crippen LogP contribution in [0.15, 0.2) is 21.5 Å². The second-order valence-electron chi connectivity index (χ2n) is 4.03. The van der Waals surface area contributed by atoms with Gasteiger partial charge in [-0.2, -0.15) is 5.26 Å². The lowest BCUT2D eigenvalue weighted by molar-refractivity contribution is -0.123. The van der Waals surface area contributed by atoms with Gasteiger partial charge in [0.05, 0.1) is 12.5 Å². The van der Waals surface area contributed by atoms with Crippen LogP contribution in [0.2, 0.25) is 0 Å². The molecule has 1 amide bonds. The molecule has 0 heterocycles. The number of nitriles is 1. The summed E-state index contributed by atoms with van der Waals surface area (Å²) in [5.41, 5.74) is 0.522. The molecule has 6 nitrogen and oxygen atoms in total. The zero-order chi connectivity index (χ0) is 16.0. The number of rotatable bonds is 6. The highest BCUT2D eigenvalue weighted by atomic mass is 79.9. The maximum absolute atomic E-state index is 11.5. The number of benzene rings is 1. The molecule has 0 bridgehead atoms. The summed E-state index contributed by atoms with van der Waals surface area (Å²) in [4.78, 5) is 11.3. The predicted octanol–water partition coefficient (Wildman–Crippen LogP) is 2.09. The Morgan fingerprint density at radius 1 is 1.52 bits per heavy atom. The van der Waals surface area contributed by atoms with Gasteiger partial charge in [-0.05, 0) is 24.6 Å². The molecule has 0 atom stereocenters. The van der Waals surface area contributed by atoms with Gasteiger partial charge in [-0.25, -0.2) is 8.42 Å². The van der Waals surface area contributed by atoms with Crippen LogP contribution in [0.4, 0.5) is 0 Å². The van der Waals surface area contributed by atoms with E-state index in [1.807, 2.05) is 6.07 Å². The van der Waals surface area contributed by atoms with Gasteiger partial charge in [0.25, 0.3) is 15.0 Å². The van der Waals surface area contributed by atoms with Gasteiger partial charge in [-0.3, -0.25) is 4.79 Å². The molecule has 1 rings (SSSR count). The van der Waals surface area contributed by atoms with Gasteiger partial charge in [0.15, 0.2) is 6.61 Å². The quantitative estimate of drug-likeness (QED) is 0.588. The van der Waals surface area contributed by atoms with Crippen LogP contribution in [0.3, 0.4) is 0 Å². The summed E-state index contributed by atoms with van der Waals surface area (Å²) in [5, 5.41) is 10.8. The topological polar surface area (TPSA) is 96.3 Å². The van der Waals surface area contributed by atoms with Crippen molar-refractivity contribution in [2.45, 2.75) is 18.2 Å². The fourth-order valence-electron chi connectivity index (χ4n) is 1.51. The summed E-state index contributed by atoms with van der Waals surface area (Å²) >= 11 is 3.17. The second kappa shape index (κ2) is 7.64. The zero-order valence-electron chi connectivity index (χ0n) is 11.0. The van der Waals surface area contributed by atoms with Gasteiger partial charge in [-0.1, -0.05) is 15.9 Å². The Morgan fingerprint density at radius 2 is 2.19 bits per heavy atom. The van der Waals surface area contributed by atoms with Gasteiger partial charge >= 0.3 is 0 Å². The number of amides is 1. The number of carbonyl (C=O) groups is 1. The number of ether oxygens (including phenoxy) is 1. The highest BCUT2D eigenvalue weighted by molar-refractivity contribution is 9.10. The van der Waals surface area contributed by atoms with Gasteiger partial charge in [0.2, 0.25) is 0 Å². The van der Waals surface area contributed by atoms with Crippen molar-refractivity contribution in [2.24, 2.45) is 0 Å². The third-order valence-electron chi connectivity index (χ3n) is 2.37. The molecule has 0 spiro atoms. The minimum absolute atomic E-state index is 0.0311. The number of hydrogen-bond donors (Lipinski definition) is 1. The fraction of sp³-hybridized carbons (Fsp3) is 0.333. The lowest BCUT2D eigenvalue weighted by atomic mass is 10.2. The molecule has 1 aromatic carbocycles. The lowest BCUT2D eigenvalue weighted by Crippen LogP contribution is -2.29. The Balaban J connectivity index is 2.89. The molecule has 0 aliphatic heterocycles. The second-order valence-corrected chi connectivity index (χ2v) is 7.48. The number of halogens is 2. The van der Waals surface area contributed by atoms with E-state index >= 15 is 0 Å². The first-order valence-electron chi connectivity index (χ1n) is 5.77. The summed E-state index contributed by atoms with van der Waals surface area (Å²) in [5.74, 6) is -0.422. The highest BCUT2D eigenvalue weighted by Gasteiger charge is 2.20. The number of nitrogens with zero attached hydrogens (tertiary/aromatic N) is 1. The monoisotopic (exact) mass is 394 g/mol. The Morgan fingerprint density at radius 3 is 2.76 bits per heavy atom. The third kappa shape index (κ3) is 5.53. The largest absolute Gasteiger partial charge is 0.482 e. The van der Waals surface area contributed by atoms with E-state index in [1.165, 1.54) is 6.07 Å². The van der Waals surface area contributed by atoms with E-state index in [0.29, 0.717) is 10.0 Å². The molecule has 0 aromatic heterocycles. The van der Waals surface area contributed by atoms with Gasteiger partial charge in [0, 0.05) is 21.7 Å². The Kier molecular flexibility index (Phi) is 6.45. The van der Waals surface area contributed by atoms with Crippen molar-refractivity contribution in [3.63, 3.8) is 0 Å². The first-order chi connectivity index (χ1) is 9.75. The van der Waals surface area contributed by atoms with Crippen LogP contribution >= 0.6 is 26.6 Å². The van der Waals surface area contributed by atoms with Crippen molar-refractivity contribution in [1.82, 2.24) is 5.32 Å². The molecule has 0 fully saturated rings. The van der Waals surface area contributed by atoms with Crippen LogP contribution < -0.4 is 10.1 Å². The van der Waals surface area contributed by atoms with E-state index in [4.69, 9.17) is 20.7 Å². The highest BCUT2D eigenvalue weighted by Crippen LogP contribution is 2.33. The van der Waals surface area contributed by atoms with Crippen molar-refractivity contribution >= 4 is 41.6 Å². The average Bonchev–Trinajstić information content (AvgIpc) is 2.36. The van der Waals surface area contributed by atoms with E-state index in [2.05, 4.69) is 21.2 Å². The van der Waals surface area contributed by atoms with Crippen LogP contribution in [-0.2, 0) is 13.8 Å². The van der Waals surface area contributed by atoms with E-state index in [-0.39, 0.29) is 30.2 Å². The minimum atomic E-state index is -4.00. The SMILES string of the molecule is Cc1cc(Br)cc(S(=O)(=O)Cl)c1OCC(=O)NCCC#N. The number of hydrogen-bond acceptors (Lipinski definition) is 5. The van der Waals surface area contributed by atoms with Crippen LogP contribution in [-0.4, -0.2) is 27.5 Å². The van der Waals surface area contributed by atoms with Crippen molar-refractivity contribution in [3.8, 4) is 11.8 Å². The van der Waals surface area contributed by atoms with Gasteiger partial charge < -0.3 is 10.1 Å². The summed E-state index contributed by atoms with van der Waals surface area (Å²) in [7, 11) is 1.36. The van der Waals surface area contributed by atoms with Crippen LogP contribution in [0.25, 0.3) is 0 Å². The lowest BCUT2D eigenvalue weighted by Gasteiger charge is -2.13. The van der Waals surface area contributed by atoms with Crippen LogP contribution in [0, 0.1) is 18.3 Å². The van der Waals surface area contributed by atoms with Crippen molar-refractivity contribution in [1.29, 1.82) is 5.26 Å². The normalized spacial score (nSPS) is 10.8. The molecule has 0 aliphatic rings. The number of aryl methyl sites for hydroxylation is 1. The average molecular weight is 396 g/mol. The molecule has 0 saturated carbocycles. The molecule has 9 heteroatoms. The maximum atomic E-state index is 11.5. The maximum Gasteiger partial charge on any atom is 0.265 e. The van der Waals surface area contributed by atoms with Gasteiger partial charge in [-0.15, -0.1) is 0 Å². The van der Waals surface area contributed by atoms with Crippen molar-refractivity contribution in [2.75, 3.05) is 13.2 Å². The Hall–Kier alpha value is -1.30. The molecule has 1 N–H and O–H groups in total. The first-order valence-corrected chi connectivity index (χ1v) is 8.87. The molecule has 114 valence electrons. The molecular formula is C12H12BrClN2O4S. The molecule has 0 aliphatic carbocycles. The molecule has 0 saturated heterocycles. The summed E-state index contributed by atoms with van der Waals surface area (Å²) < 4.78 is 28.9. The summed E-state index contributed by atoms with van der Waals surface area (Å²) in [6.07, 6.45) is 0.185. The van der Waals surface area contributed by atoms with Crippen LogP contribution in [0.1, 0.15) is 12.0 Å². The smallest absolute Gasteiger partial charge is 0.265 e. The third-order valence-corrected chi connectivity index (χ3v) is 4.16. The Labute approximate surface area is 135 Å². The van der Waals surface area contributed by atoms with Crippen molar-refractivity contribution in [3.05, 3.63) is 22.2 Å². The van der Waals surface area contributed by atoms with E-state index < -0.39 is 15.0 Å². The van der Waals surface area contributed by atoms with Crippen molar-refractivity contribution < 1.29 is 17.9 Å². The minimum Gasteiger partial charge on any atom is -0.482 e. The van der Waals surface area contributed by atoms with E-state index in [0.717, 1.165) is 0 Å². The molecule has 1 aromatic rings. The molecular weight excluding hydrogens is 384 g/mol. The standard InChI is InChI=1S/C12H12BrClN2O4S/c1-8-5-9(13)6-10(21(14,18)19)12(8)20-7-11(17)16-4-2-3-15/h5-6H,2,4,7H2,1H3,(H,16,17). The van der Waals surface area contributed by atoms with E-state index in [9.17, 15) is 13.2 Å². The van der Waals surface area contributed by atoms with Gasteiger partial charge in [0.1, 0.15) is 10.6 Å². The molecule has 0 radical (unpaired) electrons. The number of nitrogens with one attached hydrogen (secondary N) is 1. The van der Waals surface area contributed by atoms with E-state index in [1.54, 1.807) is 13.0 Å². The first kappa shape index (κ1) is 17.8. The number of carbonyl (C=O) groups excluding carboxylic acids is 1. The predicted molar refractivity (Wildman–Crippen MR) is 80.7 cm³/mol. The summed E-state index contributed by atoms with van der Waals surface area (Å²) in [6.45, 7) is 1.48. The molecule has 0 unspecified atom stereocenters. The molecule has 21 heavy (non-hydrogen) atoms.